The highest BCUT2D eigenvalue weighted by Gasteiger charge is 2.19. The number of hydrogen-bond acceptors (Lipinski definition) is 2. The molecule has 0 aliphatic rings. The SMILES string of the molecule is CC(C)Cn1cc(C(=O)O)c(-c2ccc(Br)cc2Cl)n1. The predicted molar refractivity (Wildman–Crippen MR) is 82.2 cm³/mol. The van der Waals surface area contributed by atoms with Gasteiger partial charge in [-0.2, -0.15) is 5.10 Å². The molecule has 0 atom stereocenters. The van der Waals surface area contributed by atoms with E-state index >= 15 is 0 Å². The van der Waals surface area contributed by atoms with Crippen molar-refractivity contribution >= 4 is 33.5 Å². The molecule has 1 heterocycles. The maximum atomic E-state index is 11.4. The van der Waals surface area contributed by atoms with Gasteiger partial charge in [-0.15, -0.1) is 0 Å². The van der Waals surface area contributed by atoms with Crippen molar-refractivity contribution in [1.29, 1.82) is 0 Å². The van der Waals surface area contributed by atoms with E-state index < -0.39 is 5.97 Å². The maximum Gasteiger partial charge on any atom is 0.339 e. The normalized spacial score (nSPS) is 11.1. The molecule has 0 radical (unpaired) electrons. The van der Waals surface area contributed by atoms with E-state index in [1.165, 1.54) is 0 Å². The van der Waals surface area contributed by atoms with Crippen LogP contribution in [0.15, 0.2) is 28.9 Å². The van der Waals surface area contributed by atoms with Crippen LogP contribution in [-0.4, -0.2) is 20.9 Å². The highest BCUT2D eigenvalue weighted by Crippen LogP contribution is 2.31. The third-order valence-electron chi connectivity index (χ3n) is 2.73. The summed E-state index contributed by atoms with van der Waals surface area (Å²) >= 11 is 9.51. The zero-order chi connectivity index (χ0) is 14.9. The number of halogens is 2. The molecule has 0 aliphatic heterocycles. The highest BCUT2D eigenvalue weighted by molar-refractivity contribution is 9.10. The number of benzene rings is 1. The van der Waals surface area contributed by atoms with Gasteiger partial charge < -0.3 is 5.11 Å². The smallest absolute Gasteiger partial charge is 0.339 e. The van der Waals surface area contributed by atoms with Crippen LogP contribution in [0.5, 0.6) is 0 Å². The van der Waals surface area contributed by atoms with Gasteiger partial charge in [-0.05, 0) is 18.1 Å². The molecule has 1 N–H and O–H groups in total. The minimum Gasteiger partial charge on any atom is -0.478 e. The molecule has 0 bridgehead atoms. The Morgan fingerprint density at radius 1 is 1.50 bits per heavy atom. The topological polar surface area (TPSA) is 55.1 Å². The summed E-state index contributed by atoms with van der Waals surface area (Å²) in [6.45, 7) is 4.76. The standard InChI is InChI=1S/C14H14BrClN2O2/c1-8(2)6-18-7-11(14(19)20)13(17-18)10-4-3-9(15)5-12(10)16/h3-5,7-8H,6H2,1-2H3,(H,19,20). The molecule has 2 aromatic rings. The lowest BCUT2D eigenvalue weighted by atomic mass is 10.1. The average Bonchev–Trinajstić information content (AvgIpc) is 2.71. The minimum atomic E-state index is -1.01. The summed E-state index contributed by atoms with van der Waals surface area (Å²) in [5.74, 6) is -0.626. The van der Waals surface area contributed by atoms with Crippen molar-refractivity contribution in [2.45, 2.75) is 20.4 Å². The molecule has 0 aliphatic carbocycles. The van der Waals surface area contributed by atoms with Crippen LogP contribution in [0.4, 0.5) is 0 Å². The van der Waals surface area contributed by atoms with Crippen LogP contribution in [0.25, 0.3) is 11.3 Å². The number of carboxylic acids is 1. The molecule has 0 fully saturated rings. The van der Waals surface area contributed by atoms with Gasteiger partial charge in [0.25, 0.3) is 0 Å². The molecular formula is C14H14BrClN2O2. The molecule has 1 aromatic carbocycles. The average molecular weight is 358 g/mol. The lowest BCUT2D eigenvalue weighted by Gasteiger charge is -2.04. The Labute approximate surface area is 130 Å². The second kappa shape index (κ2) is 5.97. The van der Waals surface area contributed by atoms with Crippen molar-refractivity contribution in [1.82, 2.24) is 9.78 Å². The molecule has 0 saturated heterocycles. The first-order valence-corrected chi connectivity index (χ1v) is 7.31. The first kappa shape index (κ1) is 15.1. The van der Waals surface area contributed by atoms with Crippen LogP contribution < -0.4 is 0 Å². The van der Waals surface area contributed by atoms with Crippen molar-refractivity contribution in [3.05, 3.63) is 39.5 Å². The Bertz CT molecular complexity index is 653. The van der Waals surface area contributed by atoms with Gasteiger partial charge in [-0.25, -0.2) is 4.79 Å². The van der Waals surface area contributed by atoms with Crippen LogP contribution in [-0.2, 0) is 6.54 Å². The van der Waals surface area contributed by atoms with Crippen LogP contribution in [0.3, 0.4) is 0 Å². The molecule has 1 aromatic heterocycles. The summed E-state index contributed by atoms with van der Waals surface area (Å²) in [6.07, 6.45) is 1.55. The predicted octanol–water partition coefficient (Wildman–Crippen LogP) is 4.32. The van der Waals surface area contributed by atoms with E-state index in [4.69, 9.17) is 11.6 Å². The van der Waals surface area contributed by atoms with Crippen LogP contribution >= 0.6 is 27.5 Å². The second-order valence-electron chi connectivity index (χ2n) is 4.94. The van der Waals surface area contributed by atoms with E-state index in [9.17, 15) is 9.90 Å². The van der Waals surface area contributed by atoms with E-state index in [1.807, 2.05) is 6.07 Å². The molecule has 2 rings (SSSR count). The minimum absolute atomic E-state index is 0.162. The van der Waals surface area contributed by atoms with Gasteiger partial charge in [0.2, 0.25) is 0 Å². The fraction of sp³-hybridized carbons (Fsp3) is 0.286. The van der Waals surface area contributed by atoms with Crippen molar-refractivity contribution in [3.63, 3.8) is 0 Å². The van der Waals surface area contributed by atoms with Crippen molar-refractivity contribution in [3.8, 4) is 11.3 Å². The summed E-state index contributed by atoms with van der Waals surface area (Å²) in [5.41, 5.74) is 1.18. The molecule has 106 valence electrons. The lowest BCUT2D eigenvalue weighted by Crippen LogP contribution is -2.04. The van der Waals surface area contributed by atoms with Gasteiger partial charge in [0.1, 0.15) is 11.3 Å². The largest absolute Gasteiger partial charge is 0.478 e. The molecule has 0 unspecified atom stereocenters. The van der Waals surface area contributed by atoms with Crippen molar-refractivity contribution < 1.29 is 9.90 Å². The van der Waals surface area contributed by atoms with E-state index in [1.54, 1.807) is 23.0 Å². The van der Waals surface area contributed by atoms with Gasteiger partial charge in [-0.1, -0.05) is 47.4 Å². The van der Waals surface area contributed by atoms with Gasteiger partial charge in [0, 0.05) is 22.8 Å². The zero-order valence-corrected chi connectivity index (χ0v) is 13.4. The fourth-order valence-electron chi connectivity index (χ4n) is 1.93. The number of aromatic carboxylic acids is 1. The zero-order valence-electron chi connectivity index (χ0n) is 11.1. The van der Waals surface area contributed by atoms with Crippen molar-refractivity contribution in [2.24, 2.45) is 5.92 Å². The summed E-state index contributed by atoms with van der Waals surface area (Å²) in [5, 5.41) is 14.2. The lowest BCUT2D eigenvalue weighted by molar-refractivity contribution is 0.0697. The number of aromatic nitrogens is 2. The first-order chi connectivity index (χ1) is 9.38. The van der Waals surface area contributed by atoms with E-state index in [-0.39, 0.29) is 5.56 Å². The number of nitrogens with zero attached hydrogens (tertiary/aromatic N) is 2. The molecule has 0 amide bonds. The van der Waals surface area contributed by atoms with Crippen LogP contribution in [0.2, 0.25) is 5.02 Å². The highest BCUT2D eigenvalue weighted by atomic mass is 79.9. The molecule has 0 spiro atoms. The second-order valence-corrected chi connectivity index (χ2v) is 6.26. The van der Waals surface area contributed by atoms with Gasteiger partial charge in [0.15, 0.2) is 0 Å². The van der Waals surface area contributed by atoms with E-state index in [0.717, 1.165) is 4.47 Å². The van der Waals surface area contributed by atoms with Crippen LogP contribution in [0.1, 0.15) is 24.2 Å². The molecule has 4 nitrogen and oxygen atoms in total. The molecule has 6 heteroatoms. The Balaban J connectivity index is 2.54. The third-order valence-corrected chi connectivity index (χ3v) is 3.54. The van der Waals surface area contributed by atoms with Crippen molar-refractivity contribution in [2.75, 3.05) is 0 Å². The van der Waals surface area contributed by atoms with Gasteiger partial charge in [-0.3, -0.25) is 4.68 Å². The maximum absolute atomic E-state index is 11.4. The number of rotatable bonds is 4. The number of carboxylic acid groups (broad SMARTS) is 1. The summed E-state index contributed by atoms with van der Waals surface area (Å²) in [6, 6.07) is 5.30. The Hall–Kier alpha value is -1.33. The first-order valence-electron chi connectivity index (χ1n) is 6.14. The molecule has 0 saturated carbocycles. The number of hydrogen-bond donors (Lipinski definition) is 1. The third kappa shape index (κ3) is 3.22. The summed E-state index contributed by atoms with van der Waals surface area (Å²) in [7, 11) is 0. The quantitative estimate of drug-likeness (QED) is 0.886. The Kier molecular flexibility index (Phi) is 4.50. The monoisotopic (exact) mass is 356 g/mol. The summed E-state index contributed by atoms with van der Waals surface area (Å²) < 4.78 is 2.49. The molecular weight excluding hydrogens is 344 g/mol. The Morgan fingerprint density at radius 3 is 2.75 bits per heavy atom. The van der Waals surface area contributed by atoms with Gasteiger partial charge in [0.05, 0.1) is 5.02 Å². The fourth-order valence-corrected chi connectivity index (χ4v) is 2.69. The molecule has 20 heavy (non-hydrogen) atoms. The number of carbonyl (C=O) groups is 1. The Morgan fingerprint density at radius 2 is 2.20 bits per heavy atom. The van der Waals surface area contributed by atoms with E-state index in [0.29, 0.717) is 28.7 Å². The summed E-state index contributed by atoms with van der Waals surface area (Å²) in [4.78, 5) is 11.4. The van der Waals surface area contributed by atoms with Gasteiger partial charge >= 0.3 is 5.97 Å². The van der Waals surface area contributed by atoms with Crippen LogP contribution in [0, 0.1) is 5.92 Å². The van der Waals surface area contributed by atoms with E-state index in [2.05, 4.69) is 34.9 Å².